The SMILES string of the molecule is CN(C)CCCCC(NC(=O)C1CCCN1COCc1ccccc1)C(=O)NC(CCCCN)C(=O)Nc1ccc2nc(C3=NC(C(=O)O)CS3)sc2c1. The predicted octanol–water partition coefficient (Wildman–Crippen LogP) is 3.65. The van der Waals surface area contributed by atoms with Gasteiger partial charge >= 0.3 is 5.97 Å². The number of anilines is 1. The number of thiazole rings is 1. The van der Waals surface area contributed by atoms with E-state index in [1.165, 1.54) is 23.1 Å². The Bertz CT molecular complexity index is 1760. The molecule has 0 spiro atoms. The highest BCUT2D eigenvalue weighted by atomic mass is 32.2. The van der Waals surface area contributed by atoms with E-state index >= 15 is 0 Å². The van der Waals surface area contributed by atoms with Crippen molar-refractivity contribution in [1.29, 1.82) is 0 Å². The number of nitrogens with two attached hydrogens (primary N) is 1. The van der Waals surface area contributed by atoms with Crippen LogP contribution in [0.3, 0.4) is 0 Å². The number of carbonyl (C=O) groups excluding carboxylic acids is 3. The number of aliphatic carboxylic acids is 1. The van der Waals surface area contributed by atoms with Crippen LogP contribution in [0, 0.1) is 0 Å². The molecule has 2 aromatic carbocycles. The van der Waals surface area contributed by atoms with Crippen LogP contribution >= 0.6 is 23.1 Å². The van der Waals surface area contributed by atoms with Crippen molar-refractivity contribution in [2.45, 2.75) is 82.1 Å². The van der Waals surface area contributed by atoms with E-state index in [0.29, 0.717) is 85.4 Å². The lowest BCUT2D eigenvalue weighted by molar-refractivity contribution is -0.137. The summed E-state index contributed by atoms with van der Waals surface area (Å²) < 4.78 is 6.76. The van der Waals surface area contributed by atoms with Crippen molar-refractivity contribution in [3.05, 3.63) is 59.1 Å². The van der Waals surface area contributed by atoms with Crippen molar-refractivity contribution in [3.63, 3.8) is 0 Å². The number of nitrogens with one attached hydrogen (secondary N) is 3. The summed E-state index contributed by atoms with van der Waals surface area (Å²) >= 11 is 2.74. The van der Waals surface area contributed by atoms with Crippen LogP contribution in [0.2, 0.25) is 0 Å². The molecule has 1 saturated heterocycles. The Morgan fingerprint density at radius 1 is 1.02 bits per heavy atom. The number of hydrogen-bond donors (Lipinski definition) is 5. The van der Waals surface area contributed by atoms with Gasteiger partial charge in [0.2, 0.25) is 17.7 Å². The zero-order valence-electron chi connectivity index (χ0n) is 31.0. The lowest BCUT2D eigenvalue weighted by Gasteiger charge is -2.27. The molecule has 0 bridgehead atoms. The predicted molar refractivity (Wildman–Crippen MR) is 214 cm³/mol. The fourth-order valence-electron chi connectivity index (χ4n) is 6.42. The molecule has 0 aliphatic carbocycles. The number of unbranched alkanes of at least 4 members (excludes halogenated alkanes) is 2. The summed E-state index contributed by atoms with van der Waals surface area (Å²) in [6.45, 7) is 2.79. The number of thioether (sulfide) groups is 1. The molecule has 4 unspecified atom stereocenters. The highest BCUT2D eigenvalue weighted by molar-refractivity contribution is 8.15. The maximum Gasteiger partial charge on any atom is 0.329 e. The lowest BCUT2D eigenvalue weighted by atomic mass is 10.0. The van der Waals surface area contributed by atoms with Crippen LogP contribution in [0.5, 0.6) is 0 Å². The van der Waals surface area contributed by atoms with E-state index in [0.717, 1.165) is 36.2 Å². The van der Waals surface area contributed by atoms with Crippen molar-refractivity contribution in [2.75, 3.05) is 51.5 Å². The van der Waals surface area contributed by atoms with Crippen LogP contribution in [0.1, 0.15) is 61.9 Å². The van der Waals surface area contributed by atoms with Gasteiger partial charge in [-0.2, -0.15) is 0 Å². The third-order valence-corrected chi connectivity index (χ3v) is 11.6. The molecule has 3 amide bonds. The van der Waals surface area contributed by atoms with Gasteiger partial charge in [0.05, 0.1) is 22.9 Å². The minimum absolute atomic E-state index is 0.217. The van der Waals surface area contributed by atoms with E-state index in [1.54, 1.807) is 12.1 Å². The first-order valence-electron chi connectivity index (χ1n) is 18.6. The molecule has 2 aliphatic heterocycles. The van der Waals surface area contributed by atoms with E-state index in [1.807, 2.05) is 55.4 Å². The number of aromatic nitrogens is 1. The average Bonchev–Trinajstić information content (AvgIpc) is 3.93. The topological polar surface area (TPSA) is 192 Å². The molecule has 292 valence electrons. The molecule has 1 fully saturated rings. The molecular formula is C38H52N8O6S2. The van der Waals surface area contributed by atoms with Crippen LogP contribution in [0.15, 0.2) is 53.5 Å². The van der Waals surface area contributed by atoms with E-state index in [2.05, 4.69) is 30.8 Å². The number of ether oxygens (including phenoxy) is 1. The number of hydrogen-bond acceptors (Lipinski definition) is 12. The van der Waals surface area contributed by atoms with Crippen molar-refractivity contribution in [2.24, 2.45) is 10.7 Å². The lowest BCUT2D eigenvalue weighted by Crippen LogP contribution is -2.55. The normalized spacial score (nSPS) is 18.4. The molecule has 16 heteroatoms. The molecule has 3 heterocycles. The molecule has 3 aromatic rings. The van der Waals surface area contributed by atoms with E-state index in [4.69, 9.17) is 10.5 Å². The second kappa shape index (κ2) is 20.7. The van der Waals surface area contributed by atoms with Gasteiger partial charge in [0.1, 0.15) is 28.9 Å². The number of carboxylic acid groups (broad SMARTS) is 1. The molecule has 4 atom stereocenters. The van der Waals surface area contributed by atoms with Crippen molar-refractivity contribution < 1.29 is 29.0 Å². The summed E-state index contributed by atoms with van der Waals surface area (Å²) in [5.41, 5.74) is 8.07. The molecule has 2 aliphatic rings. The number of aliphatic imine (C=N–C) groups is 1. The number of nitrogens with zero attached hydrogens (tertiary/aromatic N) is 4. The summed E-state index contributed by atoms with van der Waals surface area (Å²) in [6, 6.07) is 12.4. The Hall–Kier alpha value is -3.93. The van der Waals surface area contributed by atoms with Gasteiger partial charge in [-0.25, -0.2) is 9.78 Å². The minimum Gasteiger partial charge on any atom is -0.480 e. The second-order valence-electron chi connectivity index (χ2n) is 13.9. The molecule has 14 nitrogen and oxygen atoms in total. The fourth-order valence-corrected chi connectivity index (χ4v) is 8.52. The minimum atomic E-state index is -0.963. The van der Waals surface area contributed by atoms with Gasteiger partial charge in [0.15, 0.2) is 6.04 Å². The number of carbonyl (C=O) groups is 4. The maximum atomic E-state index is 14.0. The summed E-state index contributed by atoms with van der Waals surface area (Å²) in [7, 11) is 3.99. The average molecular weight is 781 g/mol. The van der Waals surface area contributed by atoms with Crippen LogP contribution in [-0.4, -0.2) is 119 Å². The number of benzene rings is 2. The first-order chi connectivity index (χ1) is 26.1. The molecule has 0 saturated carbocycles. The first kappa shape index (κ1) is 41.2. The Morgan fingerprint density at radius 2 is 1.78 bits per heavy atom. The fraction of sp³-hybridized carbons (Fsp3) is 0.526. The Kier molecular flexibility index (Phi) is 15.8. The number of rotatable bonds is 21. The van der Waals surface area contributed by atoms with Crippen LogP contribution in [-0.2, 0) is 30.5 Å². The Balaban J connectivity index is 1.24. The van der Waals surface area contributed by atoms with Crippen LogP contribution < -0.4 is 21.7 Å². The largest absolute Gasteiger partial charge is 0.480 e. The third kappa shape index (κ3) is 12.0. The van der Waals surface area contributed by atoms with Crippen molar-refractivity contribution in [1.82, 2.24) is 25.4 Å². The monoisotopic (exact) mass is 780 g/mol. The quantitative estimate of drug-likeness (QED) is 0.0993. The van der Waals surface area contributed by atoms with Gasteiger partial charge in [-0.15, -0.1) is 23.1 Å². The second-order valence-corrected chi connectivity index (χ2v) is 16.0. The highest BCUT2D eigenvalue weighted by Gasteiger charge is 2.34. The third-order valence-electron chi connectivity index (χ3n) is 9.37. The van der Waals surface area contributed by atoms with Gasteiger partial charge in [-0.3, -0.25) is 24.3 Å². The van der Waals surface area contributed by atoms with E-state index in [9.17, 15) is 24.3 Å². The standard InChI is InChI=1S/C38H52N8O6S2/c1-45(2)19-9-7-14-29(42-35(49)31-15-10-20-46(31)24-52-22-25-11-4-3-5-12-25)34(48)41-28(13-6-8-18-39)33(47)40-26-16-17-27-32(21-26)54-37(43-27)36-44-30(23-53-36)38(50)51/h3-5,11-12,16-17,21,28-31H,6-10,13-15,18-20,22-24,39H2,1-2H3,(H,40,47)(H,41,48)(H,42,49)(H,50,51). The summed E-state index contributed by atoms with van der Waals surface area (Å²) in [4.78, 5) is 65.8. The number of likely N-dealkylation sites (tertiary alicyclic amines) is 1. The summed E-state index contributed by atoms with van der Waals surface area (Å²) in [5.74, 6) is -1.59. The Morgan fingerprint density at radius 3 is 2.50 bits per heavy atom. The van der Waals surface area contributed by atoms with Crippen LogP contribution in [0.4, 0.5) is 5.69 Å². The first-order valence-corrected chi connectivity index (χ1v) is 20.4. The zero-order valence-corrected chi connectivity index (χ0v) is 32.6. The van der Waals surface area contributed by atoms with E-state index in [-0.39, 0.29) is 11.8 Å². The molecular weight excluding hydrogens is 729 g/mol. The van der Waals surface area contributed by atoms with Gasteiger partial charge in [0.25, 0.3) is 0 Å². The van der Waals surface area contributed by atoms with Crippen molar-refractivity contribution in [3.8, 4) is 0 Å². The van der Waals surface area contributed by atoms with Gasteiger partial charge in [0, 0.05) is 18.0 Å². The Labute approximate surface area is 324 Å². The molecule has 6 N–H and O–H groups in total. The van der Waals surface area contributed by atoms with E-state index < -0.39 is 36.0 Å². The molecule has 0 radical (unpaired) electrons. The smallest absolute Gasteiger partial charge is 0.329 e. The van der Waals surface area contributed by atoms with Gasteiger partial charge < -0.3 is 36.4 Å². The number of carboxylic acids is 1. The molecule has 5 rings (SSSR count). The molecule has 54 heavy (non-hydrogen) atoms. The molecule has 1 aromatic heterocycles. The highest BCUT2D eigenvalue weighted by Crippen LogP contribution is 2.31. The van der Waals surface area contributed by atoms with Gasteiger partial charge in [-0.1, -0.05) is 30.3 Å². The summed E-state index contributed by atoms with van der Waals surface area (Å²) in [6.07, 6.45) is 5.21. The van der Waals surface area contributed by atoms with Gasteiger partial charge in [-0.05, 0) is 102 Å². The number of fused-ring (bicyclic) bond motifs is 1. The zero-order chi connectivity index (χ0) is 38.5. The van der Waals surface area contributed by atoms with Crippen LogP contribution in [0.25, 0.3) is 10.2 Å². The van der Waals surface area contributed by atoms with Crippen molar-refractivity contribution >= 4 is 67.7 Å². The number of amides is 3. The summed E-state index contributed by atoms with van der Waals surface area (Å²) in [5, 5.41) is 19.5. The maximum absolute atomic E-state index is 14.0.